The number of aryl methyl sites for hydroxylation is 2. The molecule has 2 unspecified atom stereocenters. The Balaban J connectivity index is 2.32. The van der Waals surface area contributed by atoms with Gasteiger partial charge in [-0.3, -0.25) is 10.1 Å². The van der Waals surface area contributed by atoms with Crippen molar-refractivity contribution in [1.82, 2.24) is 9.78 Å². The van der Waals surface area contributed by atoms with Gasteiger partial charge in [-0.15, -0.1) is 0 Å². The van der Waals surface area contributed by atoms with Crippen LogP contribution in [0.4, 0.5) is 11.5 Å². The summed E-state index contributed by atoms with van der Waals surface area (Å²) in [5.41, 5.74) is 0.608. The third kappa shape index (κ3) is 2.25. The van der Waals surface area contributed by atoms with Crippen LogP contribution in [-0.4, -0.2) is 20.7 Å². The average molecular weight is 238 g/mol. The van der Waals surface area contributed by atoms with Crippen molar-refractivity contribution in [2.45, 2.75) is 46.2 Å². The topological polar surface area (TPSA) is 73.0 Å². The van der Waals surface area contributed by atoms with Crippen molar-refractivity contribution in [2.75, 3.05) is 5.32 Å². The molecule has 1 N–H and O–H groups in total. The Morgan fingerprint density at radius 2 is 2.29 bits per heavy atom. The molecule has 0 aromatic carbocycles. The number of nitrogens with one attached hydrogen (secondary N) is 1. The molecule has 6 heteroatoms. The van der Waals surface area contributed by atoms with Crippen molar-refractivity contribution >= 4 is 11.5 Å². The molecule has 1 saturated carbocycles. The summed E-state index contributed by atoms with van der Waals surface area (Å²) in [7, 11) is 0. The Kier molecular flexibility index (Phi) is 3.04. The third-order valence-electron chi connectivity index (χ3n) is 3.15. The van der Waals surface area contributed by atoms with Crippen molar-refractivity contribution in [1.29, 1.82) is 0 Å². The van der Waals surface area contributed by atoms with Gasteiger partial charge in [0.25, 0.3) is 0 Å². The van der Waals surface area contributed by atoms with E-state index < -0.39 is 0 Å². The highest BCUT2D eigenvalue weighted by Crippen LogP contribution is 2.37. The number of anilines is 1. The Hall–Kier alpha value is -1.59. The first-order valence-corrected chi connectivity index (χ1v) is 6.03. The molecule has 1 aliphatic carbocycles. The minimum absolute atomic E-state index is 0.123. The maximum Gasteiger partial charge on any atom is 0.333 e. The van der Waals surface area contributed by atoms with Crippen molar-refractivity contribution in [3.8, 4) is 0 Å². The van der Waals surface area contributed by atoms with Crippen LogP contribution < -0.4 is 5.32 Å². The van der Waals surface area contributed by atoms with Crippen molar-refractivity contribution in [2.24, 2.45) is 5.92 Å². The van der Waals surface area contributed by atoms with E-state index in [1.54, 1.807) is 11.6 Å². The normalized spacial score (nSPS) is 22.5. The van der Waals surface area contributed by atoms with Gasteiger partial charge in [-0.25, -0.2) is 4.68 Å². The lowest BCUT2D eigenvalue weighted by Gasteiger charge is -2.07. The van der Waals surface area contributed by atoms with E-state index in [0.29, 0.717) is 30.0 Å². The number of aromatic nitrogens is 2. The van der Waals surface area contributed by atoms with Gasteiger partial charge in [-0.1, -0.05) is 13.8 Å². The zero-order valence-corrected chi connectivity index (χ0v) is 10.4. The summed E-state index contributed by atoms with van der Waals surface area (Å²) in [4.78, 5) is 10.7. The summed E-state index contributed by atoms with van der Waals surface area (Å²) in [6.45, 7) is 6.56. The standard InChI is InChI=1S/C11H18N4O2/c1-4-5-14-11(12-9-6-7(9)2)10(15(16)17)8(3)13-14/h7,9,12H,4-6H2,1-3H3. The second kappa shape index (κ2) is 4.35. The van der Waals surface area contributed by atoms with Gasteiger partial charge >= 0.3 is 5.69 Å². The van der Waals surface area contributed by atoms with Crippen LogP contribution in [0.3, 0.4) is 0 Å². The summed E-state index contributed by atoms with van der Waals surface area (Å²) in [5.74, 6) is 1.17. The number of nitro groups is 1. The van der Waals surface area contributed by atoms with Crippen LogP contribution in [0.1, 0.15) is 32.4 Å². The Morgan fingerprint density at radius 3 is 2.76 bits per heavy atom. The molecule has 0 saturated heterocycles. The monoisotopic (exact) mass is 238 g/mol. The van der Waals surface area contributed by atoms with Gasteiger partial charge in [-0.05, 0) is 25.7 Å². The SMILES string of the molecule is CCCn1nc(C)c([N+](=O)[O-])c1NC1CC1C. The van der Waals surface area contributed by atoms with Crippen LogP contribution in [0.5, 0.6) is 0 Å². The molecule has 0 radical (unpaired) electrons. The molecule has 1 aromatic heterocycles. The summed E-state index contributed by atoms with van der Waals surface area (Å²) >= 11 is 0. The molecule has 1 fully saturated rings. The quantitative estimate of drug-likeness (QED) is 0.631. The lowest BCUT2D eigenvalue weighted by atomic mass is 10.3. The van der Waals surface area contributed by atoms with Crippen LogP contribution in [0.2, 0.25) is 0 Å². The highest BCUT2D eigenvalue weighted by Gasteiger charge is 2.36. The second-order valence-electron chi connectivity index (χ2n) is 4.73. The molecule has 6 nitrogen and oxygen atoms in total. The molecule has 0 bridgehead atoms. The zero-order chi connectivity index (χ0) is 12.6. The third-order valence-corrected chi connectivity index (χ3v) is 3.15. The maximum atomic E-state index is 11.1. The summed E-state index contributed by atoms with van der Waals surface area (Å²) < 4.78 is 1.72. The zero-order valence-electron chi connectivity index (χ0n) is 10.4. The van der Waals surface area contributed by atoms with E-state index >= 15 is 0 Å². The molecule has 1 aliphatic rings. The largest absolute Gasteiger partial charge is 0.362 e. The molecule has 17 heavy (non-hydrogen) atoms. The van der Waals surface area contributed by atoms with Gasteiger partial charge in [-0.2, -0.15) is 5.10 Å². The fraction of sp³-hybridized carbons (Fsp3) is 0.727. The minimum Gasteiger partial charge on any atom is -0.362 e. The van der Waals surface area contributed by atoms with E-state index in [9.17, 15) is 10.1 Å². The fourth-order valence-electron chi connectivity index (χ4n) is 2.01. The molecule has 0 amide bonds. The first-order valence-electron chi connectivity index (χ1n) is 6.03. The van der Waals surface area contributed by atoms with Crippen molar-refractivity contribution < 1.29 is 4.92 Å². The molecular formula is C11H18N4O2. The number of hydrogen-bond donors (Lipinski definition) is 1. The van der Waals surface area contributed by atoms with Crippen molar-refractivity contribution in [3.63, 3.8) is 0 Å². The summed E-state index contributed by atoms with van der Waals surface area (Å²) in [6.07, 6.45) is 1.99. The summed E-state index contributed by atoms with van der Waals surface area (Å²) in [6, 6.07) is 0.361. The lowest BCUT2D eigenvalue weighted by Crippen LogP contribution is -2.11. The molecular weight excluding hydrogens is 220 g/mol. The Bertz CT molecular complexity index is 441. The molecule has 2 rings (SSSR count). The molecule has 0 aliphatic heterocycles. The van der Waals surface area contributed by atoms with E-state index in [2.05, 4.69) is 17.3 Å². The Labute approximate surface area is 100 Å². The van der Waals surface area contributed by atoms with Crippen LogP contribution in [-0.2, 0) is 6.54 Å². The predicted molar refractivity (Wildman–Crippen MR) is 65.1 cm³/mol. The molecule has 0 spiro atoms. The highest BCUT2D eigenvalue weighted by molar-refractivity contribution is 5.60. The number of rotatable bonds is 5. The van der Waals surface area contributed by atoms with E-state index in [0.717, 1.165) is 12.8 Å². The van der Waals surface area contributed by atoms with Gasteiger partial charge in [0.1, 0.15) is 5.69 Å². The molecule has 1 heterocycles. The van der Waals surface area contributed by atoms with Gasteiger partial charge in [0.2, 0.25) is 5.82 Å². The van der Waals surface area contributed by atoms with Gasteiger partial charge in [0.05, 0.1) is 4.92 Å². The fourth-order valence-corrected chi connectivity index (χ4v) is 2.01. The smallest absolute Gasteiger partial charge is 0.333 e. The van der Waals surface area contributed by atoms with Crippen LogP contribution in [0.25, 0.3) is 0 Å². The first kappa shape index (κ1) is 11.9. The van der Waals surface area contributed by atoms with Gasteiger partial charge in [0.15, 0.2) is 0 Å². The molecule has 94 valence electrons. The highest BCUT2D eigenvalue weighted by atomic mass is 16.6. The number of nitrogens with zero attached hydrogens (tertiary/aromatic N) is 3. The minimum atomic E-state index is -0.343. The molecule has 2 atom stereocenters. The van der Waals surface area contributed by atoms with Crippen LogP contribution in [0, 0.1) is 23.0 Å². The predicted octanol–water partition coefficient (Wildman–Crippen LogP) is 2.33. The van der Waals surface area contributed by atoms with E-state index in [1.165, 1.54) is 0 Å². The van der Waals surface area contributed by atoms with Gasteiger partial charge in [0, 0.05) is 12.6 Å². The van der Waals surface area contributed by atoms with E-state index in [4.69, 9.17) is 0 Å². The summed E-state index contributed by atoms with van der Waals surface area (Å²) in [5, 5.41) is 18.5. The Morgan fingerprint density at radius 1 is 1.65 bits per heavy atom. The first-order chi connectivity index (χ1) is 8.04. The van der Waals surface area contributed by atoms with Crippen LogP contribution in [0.15, 0.2) is 0 Å². The van der Waals surface area contributed by atoms with E-state index in [-0.39, 0.29) is 10.6 Å². The van der Waals surface area contributed by atoms with Crippen molar-refractivity contribution in [3.05, 3.63) is 15.8 Å². The lowest BCUT2D eigenvalue weighted by molar-refractivity contribution is -0.384. The number of hydrogen-bond acceptors (Lipinski definition) is 4. The maximum absolute atomic E-state index is 11.1. The van der Waals surface area contributed by atoms with Gasteiger partial charge < -0.3 is 5.32 Å². The molecule has 1 aromatic rings. The van der Waals surface area contributed by atoms with E-state index in [1.807, 2.05) is 6.92 Å². The average Bonchev–Trinajstić information content (AvgIpc) is 2.82. The van der Waals surface area contributed by atoms with Crippen LogP contribution >= 0.6 is 0 Å². The second-order valence-corrected chi connectivity index (χ2v) is 4.73.